The fraction of sp³-hybridized carbons (Fsp3) is 0.385. The molecule has 0 unspecified atom stereocenters. The quantitative estimate of drug-likeness (QED) is 0.462. The topological polar surface area (TPSA) is 63.7 Å². The first kappa shape index (κ1) is 23.3. The van der Waals surface area contributed by atoms with E-state index in [2.05, 4.69) is 29.3 Å². The number of methoxy groups -OCH3 is 1. The molecule has 4 rings (SSSR count). The van der Waals surface area contributed by atoms with Gasteiger partial charge in [-0.15, -0.1) is 11.3 Å². The van der Waals surface area contributed by atoms with Crippen molar-refractivity contribution in [3.63, 3.8) is 0 Å². The predicted octanol–water partition coefficient (Wildman–Crippen LogP) is 5.34. The van der Waals surface area contributed by atoms with Gasteiger partial charge in [-0.1, -0.05) is 19.1 Å². The maximum atomic E-state index is 13.3. The molecule has 174 valence electrons. The first-order chi connectivity index (χ1) is 16.1. The maximum Gasteiger partial charge on any atom is 0.243 e. The summed E-state index contributed by atoms with van der Waals surface area (Å²) in [5, 5.41) is 5.95. The Morgan fingerprint density at radius 1 is 1.30 bits per heavy atom. The molecule has 6 nitrogen and oxygen atoms in total. The van der Waals surface area contributed by atoms with E-state index in [4.69, 9.17) is 14.5 Å². The third-order valence-electron chi connectivity index (χ3n) is 5.89. The van der Waals surface area contributed by atoms with Crippen molar-refractivity contribution in [1.29, 1.82) is 0 Å². The Morgan fingerprint density at radius 2 is 2.12 bits per heavy atom. The van der Waals surface area contributed by atoms with E-state index in [1.54, 1.807) is 18.4 Å². The average molecular weight is 466 g/mol. The van der Waals surface area contributed by atoms with Crippen LogP contribution in [0.5, 0.6) is 5.75 Å². The van der Waals surface area contributed by atoms with Crippen molar-refractivity contribution in [3.05, 3.63) is 59.5 Å². The molecule has 2 aromatic carbocycles. The first-order valence-electron chi connectivity index (χ1n) is 11.4. The van der Waals surface area contributed by atoms with E-state index >= 15 is 0 Å². The minimum absolute atomic E-state index is 0.00398. The van der Waals surface area contributed by atoms with Crippen molar-refractivity contribution in [1.82, 2.24) is 10.3 Å². The van der Waals surface area contributed by atoms with Crippen molar-refractivity contribution in [2.75, 3.05) is 25.2 Å². The molecule has 2 atom stereocenters. The minimum Gasteiger partial charge on any atom is -0.497 e. The molecule has 2 heterocycles. The van der Waals surface area contributed by atoms with Crippen LogP contribution in [0, 0.1) is 6.92 Å². The van der Waals surface area contributed by atoms with E-state index in [-0.39, 0.29) is 18.1 Å². The van der Waals surface area contributed by atoms with Crippen LogP contribution in [-0.2, 0) is 9.53 Å². The number of aryl methyl sites for hydroxylation is 1. The summed E-state index contributed by atoms with van der Waals surface area (Å²) in [6.45, 7) is 5.42. The number of carbonyl (C=O) groups is 1. The summed E-state index contributed by atoms with van der Waals surface area (Å²) >= 11 is 1.55. The molecule has 0 bridgehead atoms. The Labute approximate surface area is 199 Å². The number of carbonyl (C=O) groups excluding carboxylic acids is 1. The molecule has 1 aliphatic heterocycles. The standard InChI is InChI=1S/C26H31N3O3S/c1-4-24(25(30)27-16-22-9-6-14-32-22)29(20-8-5-7-18(2)15-20)26-28-23(17-33-26)19-10-12-21(31-3)13-11-19/h5,7-8,10-13,15,17,22,24H,4,6,9,14,16H2,1-3H3,(H,27,30)/t22-,24-/m0/s1. The molecule has 1 aromatic heterocycles. The molecule has 3 aromatic rings. The number of anilines is 2. The fourth-order valence-corrected chi connectivity index (χ4v) is 5.00. The highest BCUT2D eigenvalue weighted by Gasteiger charge is 2.29. The van der Waals surface area contributed by atoms with Gasteiger partial charge in [-0.2, -0.15) is 0 Å². The maximum absolute atomic E-state index is 13.3. The number of hydrogen-bond acceptors (Lipinski definition) is 6. The number of thiazole rings is 1. The summed E-state index contributed by atoms with van der Waals surface area (Å²) in [6.07, 6.45) is 2.82. The van der Waals surface area contributed by atoms with Gasteiger partial charge in [0.2, 0.25) is 5.91 Å². The van der Waals surface area contributed by atoms with Crippen molar-refractivity contribution in [2.24, 2.45) is 0 Å². The molecule has 0 saturated carbocycles. The van der Waals surface area contributed by atoms with E-state index in [0.29, 0.717) is 13.0 Å². The number of nitrogens with one attached hydrogen (secondary N) is 1. The molecular formula is C26H31N3O3S. The van der Waals surface area contributed by atoms with Crippen molar-refractivity contribution in [2.45, 2.75) is 45.3 Å². The number of benzene rings is 2. The fourth-order valence-electron chi connectivity index (χ4n) is 4.09. The van der Waals surface area contributed by atoms with Gasteiger partial charge in [0.15, 0.2) is 5.13 Å². The molecule has 1 amide bonds. The van der Waals surface area contributed by atoms with Crippen molar-refractivity contribution in [3.8, 4) is 17.0 Å². The molecule has 0 spiro atoms. The summed E-state index contributed by atoms with van der Waals surface area (Å²) in [6, 6.07) is 15.7. The van der Waals surface area contributed by atoms with Crippen LogP contribution in [0.1, 0.15) is 31.7 Å². The van der Waals surface area contributed by atoms with Gasteiger partial charge in [0.25, 0.3) is 0 Å². The average Bonchev–Trinajstić information content (AvgIpc) is 3.53. The highest BCUT2D eigenvalue weighted by Crippen LogP contribution is 2.35. The molecular weight excluding hydrogens is 434 g/mol. The lowest BCUT2D eigenvalue weighted by Gasteiger charge is -2.30. The van der Waals surface area contributed by atoms with E-state index < -0.39 is 0 Å². The van der Waals surface area contributed by atoms with Gasteiger partial charge in [0.05, 0.1) is 18.9 Å². The molecule has 1 saturated heterocycles. The molecule has 0 radical (unpaired) electrons. The lowest BCUT2D eigenvalue weighted by Crippen LogP contribution is -2.46. The zero-order valence-corrected chi connectivity index (χ0v) is 20.2. The summed E-state index contributed by atoms with van der Waals surface area (Å²) in [7, 11) is 1.66. The lowest BCUT2D eigenvalue weighted by molar-refractivity contribution is -0.122. The minimum atomic E-state index is -0.372. The second-order valence-electron chi connectivity index (χ2n) is 8.26. The SMILES string of the molecule is CC[C@@H](C(=O)NC[C@@H]1CCCO1)N(c1cccc(C)c1)c1nc(-c2ccc(OC)cc2)cs1. The summed E-state index contributed by atoms with van der Waals surface area (Å²) in [5.41, 5.74) is 3.99. The number of nitrogens with zero attached hydrogens (tertiary/aromatic N) is 2. The van der Waals surface area contributed by atoms with Crippen LogP contribution in [0.3, 0.4) is 0 Å². The molecule has 0 aliphatic carbocycles. The van der Waals surface area contributed by atoms with Gasteiger partial charge in [0, 0.05) is 29.8 Å². The van der Waals surface area contributed by atoms with Crippen LogP contribution in [0.15, 0.2) is 53.9 Å². The Morgan fingerprint density at radius 3 is 2.79 bits per heavy atom. The largest absolute Gasteiger partial charge is 0.497 e. The second kappa shape index (κ2) is 10.8. The summed E-state index contributed by atoms with van der Waals surface area (Å²) in [4.78, 5) is 20.3. The van der Waals surface area contributed by atoms with Gasteiger partial charge >= 0.3 is 0 Å². The Bertz CT molecular complexity index is 1060. The normalized spacial score (nSPS) is 16.4. The van der Waals surface area contributed by atoms with E-state index in [0.717, 1.165) is 52.8 Å². The Hall–Kier alpha value is -2.90. The van der Waals surface area contributed by atoms with Gasteiger partial charge in [0.1, 0.15) is 11.8 Å². The van der Waals surface area contributed by atoms with E-state index in [1.165, 1.54) is 0 Å². The monoisotopic (exact) mass is 465 g/mol. The Balaban J connectivity index is 1.63. The highest BCUT2D eigenvalue weighted by atomic mass is 32.1. The van der Waals surface area contributed by atoms with Crippen molar-refractivity contribution < 1.29 is 14.3 Å². The van der Waals surface area contributed by atoms with E-state index in [1.807, 2.05) is 48.7 Å². The van der Waals surface area contributed by atoms with Crippen molar-refractivity contribution >= 4 is 28.1 Å². The van der Waals surface area contributed by atoms with Gasteiger partial charge in [-0.25, -0.2) is 4.98 Å². The van der Waals surface area contributed by atoms with Gasteiger partial charge in [-0.05, 0) is 68.1 Å². The molecule has 7 heteroatoms. The number of aromatic nitrogens is 1. The molecule has 1 N–H and O–H groups in total. The summed E-state index contributed by atoms with van der Waals surface area (Å²) in [5.74, 6) is 0.806. The number of hydrogen-bond donors (Lipinski definition) is 1. The second-order valence-corrected chi connectivity index (χ2v) is 9.09. The zero-order valence-electron chi connectivity index (χ0n) is 19.4. The van der Waals surface area contributed by atoms with Crippen LogP contribution in [0.25, 0.3) is 11.3 Å². The molecule has 33 heavy (non-hydrogen) atoms. The van der Waals surface area contributed by atoms with Gasteiger partial charge < -0.3 is 19.7 Å². The number of amides is 1. The third-order valence-corrected chi connectivity index (χ3v) is 6.73. The third kappa shape index (κ3) is 5.54. The van der Waals surface area contributed by atoms with Crippen LogP contribution in [0.2, 0.25) is 0 Å². The van der Waals surface area contributed by atoms with Crippen LogP contribution >= 0.6 is 11.3 Å². The smallest absolute Gasteiger partial charge is 0.243 e. The Kier molecular flexibility index (Phi) is 7.62. The van der Waals surface area contributed by atoms with Crippen LogP contribution < -0.4 is 15.0 Å². The van der Waals surface area contributed by atoms with Crippen LogP contribution in [0.4, 0.5) is 10.8 Å². The van der Waals surface area contributed by atoms with Crippen LogP contribution in [-0.4, -0.2) is 43.3 Å². The zero-order chi connectivity index (χ0) is 23.2. The highest BCUT2D eigenvalue weighted by molar-refractivity contribution is 7.14. The summed E-state index contributed by atoms with van der Waals surface area (Å²) < 4.78 is 11.0. The predicted molar refractivity (Wildman–Crippen MR) is 133 cm³/mol. The first-order valence-corrected chi connectivity index (χ1v) is 12.3. The van der Waals surface area contributed by atoms with Gasteiger partial charge in [-0.3, -0.25) is 4.79 Å². The number of rotatable bonds is 9. The van der Waals surface area contributed by atoms with E-state index in [9.17, 15) is 4.79 Å². The molecule has 1 fully saturated rings. The number of ether oxygens (including phenoxy) is 2. The molecule has 1 aliphatic rings. The lowest BCUT2D eigenvalue weighted by atomic mass is 10.1.